The van der Waals surface area contributed by atoms with E-state index in [1.165, 1.54) is 0 Å². The molecule has 1 saturated heterocycles. The Morgan fingerprint density at radius 1 is 0.810 bits per heavy atom. The van der Waals surface area contributed by atoms with Crippen LogP contribution in [0.15, 0.2) is 36.4 Å². The lowest BCUT2D eigenvalue weighted by molar-refractivity contribution is 0.477. The van der Waals surface area contributed by atoms with E-state index in [0.717, 1.165) is 24.0 Å². The van der Waals surface area contributed by atoms with E-state index < -0.39 is 0 Å². The molecule has 21 heavy (non-hydrogen) atoms. The van der Waals surface area contributed by atoms with Gasteiger partial charge in [0.15, 0.2) is 0 Å². The van der Waals surface area contributed by atoms with Crippen LogP contribution < -0.4 is 16.8 Å². The molecule has 1 aliphatic heterocycles. The van der Waals surface area contributed by atoms with Crippen molar-refractivity contribution >= 4 is 11.4 Å². The molecule has 5 heteroatoms. The smallest absolute Gasteiger partial charge is 0.138 e. The molecule has 110 valence electrons. The third-order valence-corrected chi connectivity index (χ3v) is 4.05. The van der Waals surface area contributed by atoms with Crippen LogP contribution >= 0.6 is 0 Å². The largest absolute Gasteiger partial charge is 0.506 e. The Morgan fingerprint density at radius 2 is 1.24 bits per heavy atom. The number of rotatable bonds is 2. The van der Waals surface area contributed by atoms with Gasteiger partial charge in [0.2, 0.25) is 0 Å². The van der Waals surface area contributed by atoms with Crippen LogP contribution in [-0.2, 0) is 0 Å². The van der Waals surface area contributed by atoms with Gasteiger partial charge in [-0.15, -0.1) is 0 Å². The average molecular weight is 285 g/mol. The quantitative estimate of drug-likeness (QED) is 0.430. The molecule has 1 heterocycles. The van der Waals surface area contributed by atoms with Gasteiger partial charge in [-0.05, 0) is 48.2 Å². The first-order valence-corrected chi connectivity index (χ1v) is 6.97. The Kier molecular flexibility index (Phi) is 3.35. The molecule has 1 aliphatic rings. The van der Waals surface area contributed by atoms with E-state index in [0.29, 0.717) is 11.4 Å². The zero-order chi connectivity index (χ0) is 15.0. The molecule has 2 unspecified atom stereocenters. The van der Waals surface area contributed by atoms with E-state index in [9.17, 15) is 10.2 Å². The summed E-state index contributed by atoms with van der Waals surface area (Å²) in [6, 6.07) is 11.0. The van der Waals surface area contributed by atoms with Gasteiger partial charge in [0.05, 0.1) is 11.4 Å². The van der Waals surface area contributed by atoms with E-state index in [1.807, 2.05) is 12.1 Å². The Bertz CT molecular complexity index is 615. The molecule has 0 aromatic heterocycles. The highest BCUT2D eigenvalue weighted by molar-refractivity contribution is 5.55. The highest BCUT2D eigenvalue weighted by atomic mass is 16.3. The van der Waals surface area contributed by atoms with Crippen LogP contribution in [0.25, 0.3) is 0 Å². The van der Waals surface area contributed by atoms with Crippen LogP contribution in [0.2, 0.25) is 0 Å². The second kappa shape index (κ2) is 5.18. The maximum atomic E-state index is 9.49. The van der Waals surface area contributed by atoms with Gasteiger partial charge < -0.3 is 27.0 Å². The molecule has 0 aliphatic carbocycles. The molecule has 2 aromatic rings. The van der Waals surface area contributed by atoms with E-state index >= 15 is 0 Å². The predicted molar refractivity (Wildman–Crippen MR) is 82.9 cm³/mol. The molecular formula is C16H19N3O2. The van der Waals surface area contributed by atoms with Gasteiger partial charge >= 0.3 is 0 Å². The minimum atomic E-state index is 0.111. The summed E-state index contributed by atoms with van der Waals surface area (Å²) in [6.45, 7) is 0. The number of phenols is 2. The first-order valence-electron chi connectivity index (χ1n) is 6.97. The monoisotopic (exact) mass is 285 g/mol. The van der Waals surface area contributed by atoms with Crippen molar-refractivity contribution in [2.75, 3.05) is 11.5 Å². The third kappa shape index (κ3) is 2.60. The zero-order valence-electron chi connectivity index (χ0n) is 11.6. The molecule has 0 amide bonds. The van der Waals surface area contributed by atoms with Gasteiger partial charge in [-0.2, -0.15) is 0 Å². The summed E-state index contributed by atoms with van der Waals surface area (Å²) >= 11 is 0. The first kappa shape index (κ1) is 13.6. The maximum absolute atomic E-state index is 9.49. The highest BCUT2D eigenvalue weighted by Gasteiger charge is 2.26. The summed E-state index contributed by atoms with van der Waals surface area (Å²) in [5, 5.41) is 22.5. The van der Waals surface area contributed by atoms with E-state index in [-0.39, 0.29) is 23.6 Å². The van der Waals surface area contributed by atoms with Crippen LogP contribution in [0, 0.1) is 0 Å². The second-order valence-electron chi connectivity index (χ2n) is 5.49. The molecule has 0 radical (unpaired) electrons. The number of benzene rings is 2. The number of nitrogens with one attached hydrogen (secondary N) is 1. The van der Waals surface area contributed by atoms with Gasteiger partial charge in [0.1, 0.15) is 11.5 Å². The summed E-state index contributed by atoms with van der Waals surface area (Å²) < 4.78 is 0. The van der Waals surface area contributed by atoms with Crippen molar-refractivity contribution in [1.82, 2.24) is 5.32 Å². The Hall–Kier alpha value is -2.40. The molecular weight excluding hydrogens is 266 g/mol. The SMILES string of the molecule is Nc1cc(C2CCC(c3ccc(O)c(N)c3)N2)ccc1O. The molecule has 3 rings (SSSR count). The average Bonchev–Trinajstić information content (AvgIpc) is 2.94. The zero-order valence-corrected chi connectivity index (χ0v) is 11.6. The summed E-state index contributed by atoms with van der Waals surface area (Å²) in [5.74, 6) is 0.221. The molecule has 5 nitrogen and oxygen atoms in total. The first-order chi connectivity index (χ1) is 10.0. The van der Waals surface area contributed by atoms with Gasteiger partial charge in [-0.3, -0.25) is 0 Å². The maximum Gasteiger partial charge on any atom is 0.138 e. The highest BCUT2D eigenvalue weighted by Crippen LogP contribution is 2.37. The predicted octanol–water partition coefficient (Wildman–Crippen LogP) is 2.43. The van der Waals surface area contributed by atoms with Crippen molar-refractivity contribution in [1.29, 1.82) is 0 Å². The lowest BCUT2D eigenvalue weighted by Crippen LogP contribution is -2.17. The molecule has 0 bridgehead atoms. The van der Waals surface area contributed by atoms with Crippen LogP contribution in [0.3, 0.4) is 0 Å². The van der Waals surface area contributed by atoms with Crippen molar-refractivity contribution in [2.24, 2.45) is 0 Å². The standard InChI is InChI=1S/C16H19N3O2/c17-11-7-9(1-5-15(11)20)13-3-4-14(19-13)10-2-6-16(21)12(18)8-10/h1-2,5-8,13-14,19-21H,3-4,17-18H2. The van der Waals surface area contributed by atoms with E-state index in [2.05, 4.69) is 5.32 Å². The number of nitrogens with two attached hydrogens (primary N) is 2. The summed E-state index contributed by atoms with van der Waals surface area (Å²) in [7, 11) is 0. The van der Waals surface area contributed by atoms with Gasteiger partial charge in [0, 0.05) is 12.1 Å². The normalized spacial score (nSPS) is 21.5. The number of anilines is 2. The number of hydrogen-bond acceptors (Lipinski definition) is 5. The molecule has 7 N–H and O–H groups in total. The Morgan fingerprint density at radius 3 is 1.62 bits per heavy atom. The lowest BCUT2D eigenvalue weighted by Gasteiger charge is -2.16. The second-order valence-corrected chi connectivity index (χ2v) is 5.49. The number of nitrogen functional groups attached to an aromatic ring is 2. The summed E-state index contributed by atoms with van der Waals surface area (Å²) in [5.41, 5.74) is 14.4. The fourth-order valence-electron chi connectivity index (χ4n) is 2.85. The summed E-state index contributed by atoms with van der Waals surface area (Å²) in [6.07, 6.45) is 1.96. The van der Waals surface area contributed by atoms with E-state index in [1.54, 1.807) is 24.3 Å². The van der Waals surface area contributed by atoms with Crippen LogP contribution in [-0.4, -0.2) is 10.2 Å². The third-order valence-electron chi connectivity index (χ3n) is 4.05. The fourth-order valence-corrected chi connectivity index (χ4v) is 2.85. The Labute approximate surface area is 123 Å². The minimum Gasteiger partial charge on any atom is -0.506 e. The number of aromatic hydroxyl groups is 2. The van der Waals surface area contributed by atoms with Gasteiger partial charge in [-0.1, -0.05) is 12.1 Å². The van der Waals surface area contributed by atoms with E-state index in [4.69, 9.17) is 11.5 Å². The number of hydrogen-bond donors (Lipinski definition) is 5. The molecule has 2 atom stereocenters. The molecule has 2 aromatic carbocycles. The van der Waals surface area contributed by atoms with Crippen molar-refractivity contribution < 1.29 is 10.2 Å². The fraction of sp³-hybridized carbons (Fsp3) is 0.250. The topological polar surface area (TPSA) is 105 Å². The van der Waals surface area contributed by atoms with Crippen molar-refractivity contribution in [3.63, 3.8) is 0 Å². The van der Waals surface area contributed by atoms with Crippen molar-refractivity contribution in [2.45, 2.75) is 24.9 Å². The molecule has 0 saturated carbocycles. The van der Waals surface area contributed by atoms with Crippen LogP contribution in [0.4, 0.5) is 11.4 Å². The van der Waals surface area contributed by atoms with Crippen LogP contribution in [0.5, 0.6) is 11.5 Å². The van der Waals surface area contributed by atoms with Crippen molar-refractivity contribution in [3.05, 3.63) is 47.5 Å². The van der Waals surface area contributed by atoms with Crippen LogP contribution in [0.1, 0.15) is 36.1 Å². The minimum absolute atomic E-state index is 0.111. The lowest BCUT2D eigenvalue weighted by atomic mass is 10.0. The van der Waals surface area contributed by atoms with Crippen molar-refractivity contribution in [3.8, 4) is 11.5 Å². The Balaban J connectivity index is 1.78. The molecule has 0 spiro atoms. The molecule has 1 fully saturated rings. The van der Waals surface area contributed by atoms with Gasteiger partial charge in [-0.25, -0.2) is 0 Å². The number of phenolic OH excluding ortho intramolecular Hbond substituents is 2. The summed E-state index contributed by atoms with van der Waals surface area (Å²) in [4.78, 5) is 0. The van der Waals surface area contributed by atoms with Gasteiger partial charge in [0.25, 0.3) is 0 Å².